The first kappa shape index (κ1) is 14.7. The van der Waals surface area contributed by atoms with Crippen molar-refractivity contribution in [1.82, 2.24) is 5.32 Å². The zero-order chi connectivity index (χ0) is 14.4. The molecule has 2 nitrogen and oxygen atoms in total. The third-order valence-corrected chi connectivity index (χ3v) is 3.36. The van der Waals surface area contributed by atoms with E-state index in [2.05, 4.69) is 5.32 Å². The van der Waals surface area contributed by atoms with E-state index in [1.807, 2.05) is 36.4 Å². The Morgan fingerprint density at radius 3 is 2.50 bits per heavy atom. The molecule has 0 saturated carbocycles. The number of aliphatic hydroxyl groups is 1. The van der Waals surface area contributed by atoms with Crippen LogP contribution in [0.15, 0.2) is 48.5 Å². The molecule has 1 unspecified atom stereocenters. The Morgan fingerprint density at radius 2 is 1.85 bits per heavy atom. The summed E-state index contributed by atoms with van der Waals surface area (Å²) in [4.78, 5) is 0. The summed E-state index contributed by atoms with van der Waals surface area (Å²) in [5.74, 6) is -0.184. The van der Waals surface area contributed by atoms with E-state index in [0.29, 0.717) is 12.1 Å². The summed E-state index contributed by atoms with van der Waals surface area (Å²) in [5, 5.41) is 12.7. The van der Waals surface area contributed by atoms with Gasteiger partial charge in [0.2, 0.25) is 0 Å². The van der Waals surface area contributed by atoms with Crippen molar-refractivity contribution in [2.45, 2.75) is 25.9 Å². The molecule has 3 heteroatoms. The maximum absolute atomic E-state index is 13.2. The van der Waals surface area contributed by atoms with E-state index in [9.17, 15) is 9.50 Å². The molecule has 0 amide bonds. The lowest BCUT2D eigenvalue weighted by Gasteiger charge is -2.16. The minimum absolute atomic E-state index is 0.00255. The average molecular weight is 273 g/mol. The van der Waals surface area contributed by atoms with Crippen molar-refractivity contribution in [3.8, 4) is 0 Å². The second kappa shape index (κ2) is 7.17. The summed E-state index contributed by atoms with van der Waals surface area (Å²) >= 11 is 0. The van der Waals surface area contributed by atoms with Crippen molar-refractivity contribution < 1.29 is 9.50 Å². The van der Waals surface area contributed by atoms with E-state index >= 15 is 0 Å². The summed E-state index contributed by atoms with van der Waals surface area (Å²) in [5.41, 5.74) is 2.86. The number of nitrogens with one attached hydrogen (secondary N) is 1. The first-order chi connectivity index (χ1) is 9.69. The Morgan fingerprint density at radius 1 is 1.10 bits per heavy atom. The van der Waals surface area contributed by atoms with Gasteiger partial charge in [-0.3, -0.25) is 0 Å². The molecule has 2 rings (SSSR count). The number of rotatable bonds is 6. The van der Waals surface area contributed by atoms with Crippen LogP contribution in [0.5, 0.6) is 0 Å². The molecule has 1 atom stereocenters. The van der Waals surface area contributed by atoms with Crippen molar-refractivity contribution in [2.24, 2.45) is 0 Å². The Bertz CT molecular complexity index is 542. The van der Waals surface area contributed by atoms with Crippen molar-refractivity contribution in [1.29, 1.82) is 0 Å². The van der Waals surface area contributed by atoms with Gasteiger partial charge in [-0.15, -0.1) is 0 Å². The summed E-state index contributed by atoms with van der Waals surface area (Å²) < 4.78 is 13.2. The fraction of sp³-hybridized carbons (Fsp3) is 0.294. The number of benzene rings is 2. The third kappa shape index (κ3) is 4.15. The van der Waals surface area contributed by atoms with Crippen molar-refractivity contribution in [2.75, 3.05) is 6.61 Å². The highest BCUT2D eigenvalue weighted by molar-refractivity contribution is 5.24. The van der Waals surface area contributed by atoms with E-state index in [1.54, 1.807) is 13.0 Å². The van der Waals surface area contributed by atoms with Gasteiger partial charge in [-0.2, -0.15) is 0 Å². The van der Waals surface area contributed by atoms with Gasteiger partial charge in [0.05, 0.1) is 6.61 Å². The summed E-state index contributed by atoms with van der Waals surface area (Å²) in [6.07, 6.45) is 0.775. The molecule has 0 aliphatic carbocycles. The van der Waals surface area contributed by atoms with E-state index in [-0.39, 0.29) is 18.5 Å². The quantitative estimate of drug-likeness (QED) is 0.848. The standard InChI is InChI=1S/C17H20FNO/c1-13-9-15(7-8-17(13)18)11-19-16(12-20)10-14-5-3-2-4-6-14/h2-9,16,19-20H,10-12H2,1H3. The summed E-state index contributed by atoms with van der Waals surface area (Å²) in [6, 6.07) is 15.1. The van der Waals surface area contributed by atoms with Crippen molar-refractivity contribution >= 4 is 0 Å². The van der Waals surface area contributed by atoms with Crippen LogP contribution in [0.4, 0.5) is 4.39 Å². The van der Waals surface area contributed by atoms with Crippen LogP contribution < -0.4 is 5.32 Å². The fourth-order valence-electron chi connectivity index (χ4n) is 2.18. The van der Waals surface area contributed by atoms with Crippen LogP contribution in [0.1, 0.15) is 16.7 Å². The molecule has 0 aliphatic heterocycles. The summed E-state index contributed by atoms with van der Waals surface area (Å²) in [7, 11) is 0. The highest BCUT2D eigenvalue weighted by Gasteiger charge is 2.08. The molecule has 0 bridgehead atoms. The number of hydrogen-bond donors (Lipinski definition) is 2. The predicted octanol–water partition coefficient (Wildman–Crippen LogP) is 2.83. The maximum Gasteiger partial charge on any atom is 0.126 e. The molecule has 20 heavy (non-hydrogen) atoms. The van der Waals surface area contributed by atoms with Gasteiger partial charge in [0.15, 0.2) is 0 Å². The van der Waals surface area contributed by atoms with E-state index in [4.69, 9.17) is 0 Å². The monoisotopic (exact) mass is 273 g/mol. The van der Waals surface area contributed by atoms with E-state index in [1.165, 1.54) is 11.6 Å². The second-order valence-electron chi connectivity index (χ2n) is 5.03. The fourth-order valence-corrected chi connectivity index (χ4v) is 2.18. The van der Waals surface area contributed by atoms with Crippen LogP contribution in [-0.2, 0) is 13.0 Å². The molecule has 2 N–H and O–H groups in total. The Balaban J connectivity index is 1.92. The van der Waals surface area contributed by atoms with Crippen LogP contribution in [0.3, 0.4) is 0 Å². The van der Waals surface area contributed by atoms with Gasteiger partial charge in [-0.05, 0) is 36.1 Å². The van der Waals surface area contributed by atoms with Crippen LogP contribution in [0, 0.1) is 12.7 Å². The van der Waals surface area contributed by atoms with Crippen molar-refractivity contribution in [3.63, 3.8) is 0 Å². The molecule has 0 saturated heterocycles. The van der Waals surface area contributed by atoms with Crippen LogP contribution in [0.2, 0.25) is 0 Å². The minimum Gasteiger partial charge on any atom is -0.395 e. The first-order valence-electron chi connectivity index (χ1n) is 6.82. The molecule has 0 aromatic heterocycles. The van der Waals surface area contributed by atoms with Gasteiger partial charge in [0.1, 0.15) is 5.82 Å². The molecular formula is C17H20FNO. The topological polar surface area (TPSA) is 32.3 Å². The molecule has 106 valence electrons. The molecule has 0 fully saturated rings. The number of aryl methyl sites for hydroxylation is 1. The molecule has 0 heterocycles. The Labute approximate surface area is 119 Å². The average Bonchev–Trinajstić information content (AvgIpc) is 2.48. The SMILES string of the molecule is Cc1cc(CNC(CO)Cc2ccccc2)ccc1F. The maximum atomic E-state index is 13.2. The van der Waals surface area contributed by atoms with Gasteiger partial charge < -0.3 is 10.4 Å². The number of aliphatic hydroxyl groups excluding tert-OH is 1. The van der Waals surface area contributed by atoms with Gasteiger partial charge in [0, 0.05) is 12.6 Å². The van der Waals surface area contributed by atoms with Gasteiger partial charge in [-0.25, -0.2) is 4.39 Å². The molecule has 2 aromatic carbocycles. The van der Waals surface area contributed by atoms with Crippen LogP contribution in [0.25, 0.3) is 0 Å². The Hall–Kier alpha value is -1.71. The minimum atomic E-state index is -0.184. The van der Waals surface area contributed by atoms with Crippen LogP contribution in [-0.4, -0.2) is 17.8 Å². The molecule has 2 aromatic rings. The smallest absolute Gasteiger partial charge is 0.126 e. The summed E-state index contributed by atoms with van der Waals surface area (Å²) in [6.45, 7) is 2.46. The second-order valence-corrected chi connectivity index (χ2v) is 5.03. The number of hydrogen-bond acceptors (Lipinski definition) is 2. The molecule has 0 aliphatic rings. The predicted molar refractivity (Wildman–Crippen MR) is 79.0 cm³/mol. The van der Waals surface area contributed by atoms with Gasteiger partial charge in [-0.1, -0.05) is 42.5 Å². The third-order valence-electron chi connectivity index (χ3n) is 3.36. The van der Waals surface area contributed by atoms with E-state index < -0.39 is 0 Å². The zero-order valence-corrected chi connectivity index (χ0v) is 11.6. The molecule has 0 radical (unpaired) electrons. The first-order valence-corrected chi connectivity index (χ1v) is 6.82. The van der Waals surface area contributed by atoms with E-state index in [0.717, 1.165) is 12.0 Å². The number of halogens is 1. The zero-order valence-electron chi connectivity index (χ0n) is 11.6. The largest absolute Gasteiger partial charge is 0.395 e. The van der Waals surface area contributed by atoms with Gasteiger partial charge >= 0.3 is 0 Å². The highest BCUT2D eigenvalue weighted by atomic mass is 19.1. The lowest BCUT2D eigenvalue weighted by atomic mass is 10.1. The van der Waals surface area contributed by atoms with Crippen LogP contribution >= 0.6 is 0 Å². The molecule has 0 spiro atoms. The molecular weight excluding hydrogens is 253 g/mol. The van der Waals surface area contributed by atoms with Gasteiger partial charge in [0.25, 0.3) is 0 Å². The Kier molecular flexibility index (Phi) is 5.27. The lowest BCUT2D eigenvalue weighted by molar-refractivity contribution is 0.241. The lowest BCUT2D eigenvalue weighted by Crippen LogP contribution is -2.34. The highest BCUT2D eigenvalue weighted by Crippen LogP contribution is 2.10. The van der Waals surface area contributed by atoms with Crippen molar-refractivity contribution in [3.05, 3.63) is 71.0 Å². The normalized spacial score (nSPS) is 12.3.